The molecular formula is C14H22N2O3. The lowest BCUT2D eigenvalue weighted by Crippen LogP contribution is -2.40. The number of carbonyl (C=O) groups is 1. The molecule has 0 saturated heterocycles. The van der Waals surface area contributed by atoms with Crippen molar-refractivity contribution in [2.45, 2.75) is 26.3 Å². The van der Waals surface area contributed by atoms with Gasteiger partial charge >= 0.3 is 0 Å². The van der Waals surface area contributed by atoms with Gasteiger partial charge in [-0.2, -0.15) is 0 Å². The Bertz CT molecular complexity index is 435. The molecule has 1 aromatic carbocycles. The van der Waals surface area contributed by atoms with E-state index in [0.29, 0.717) is 17.2 Å². The molecule has 3 N–H and O–H groups in total. The van der Waals surface area contributed by atoms with E-state index in [1.54, 1.807) is 32.4 Å². The molecule has 106 valence electrons. The first-order chi connectivity index (χ1) is 9.03. The number of nitrogens with one attached hydrogen (secondary N) is 1. The Kier molecular flexibility index (Phi) is 5.63. The smallest absolute Gasteiger partial charge is 0.241 e. The maximum Gasteiger partial charge on any atom is 0.241 e. The maximum atomic E-state index is 12.0. The van der Waals surface area contributed by atoms with Crippen LogP contribution < -0.4 is 20.5 Å². The molecule has 1 unspecified atom stereocenters. The van der Waals surface area contributed by atoms with E-state index in [0.717, 1.165) is 6.42 Å². The highest BCUT2D eigenvalue weighted by molar-refractivity contribution is 5.96. The summed E-state index contributed by atoms with van der Waals surface area (Å²) in [5.41, 5.74) is 6.48. The van der Waals surface area contributed by atoms with Crippen LogP contribution in [0.2, 0.25) is 0 Å². The van der Waals surface area contributed by atoms with Gasteiger partial charge in [0.2, 0.25) is 5.91 Å². The normalized spacial score (nSPS) is 13.5. The third-order valence-electron chi connectivity index (χ3n) is 3.23. The monoisotopic (exact) mass is 266 g/mol. The van der Waals surface area contributed by atoms with Gasteiger partial charge < -0.3 is 20.5 Å². The van der Waals surface area contributed by atoms with Gasteiger partial charge in [0.1, 0.15) is 11.5 Å². The Morgan fingerprint density at radius 1 is 1.37 bits per heavy atom. The van der Waals surface area contributed by atoms with Gasteiger partial charge in [-0.1, -0.05) is 20.3 Å². The summed E-state index contributed by atoms with van der Waals surface area (Å²) in [4.78, 5) is 12.0. The number of anilines is 1. The van der Waals surface area contributed by atoms with Crippen LogP contribution in [-0.4, -0.2) is 26.2 Å². The van der Waals surface area contributed by atoms with Gasteiger partial charge in [-0.05, 0) is 18.1 Å². The molecule has 1 rings (SSSR count). The minimum Gasteiger partial charge on any atom is -0.497 e. The second-order valence-electron chi connectivity index (χ2n) is 4.47. The van der Waals surface area contributed by atoms with Crippen LogP contribution in [0.3, 0.4) is 0 Å². The molecule has 19 heavy (non-hydrogen) atoms. The van der Waals surface area contributed by atoms with Gasteiger partial charge in [0.15, 0.2) is 0 Å². The molecule has 0 fully saturated rings. The number of methoxy groups -OCH3 is 2. The standard InChI is InChI=1S/C14H22N2O3/c1-5-9(2)13(15)14(17)16-11-7-6-10(18-3)8-12(11)19-4/h6-9,13H,5,15H2,1-4H3,(H,16,17)/t9?,13-/m0/s1. The maximum absolute atomic E-state index is 12.0. The fourth-order valence-electron chi connectivity index (χ4n) is 1.63. The van der Waals surface area contributed by atoms with Crippen LogP contribution in [0.15, 0.2) is 18.2 Å². The van der Waals surface area contributed by atoms with E-state index >= 15 is 0 Å². The van der Waals surface area contributed by atoms with Crippen LogP contribution in [-0.2, 0) is 4.79 Å². The van der Waals surface area contributed by atoms with Crippen LogP contribution in [0.4, 0.5) is 5.69 Å². The first kappa shape index (κ1) is 15.3. The van der Waals surface area contributed by atoms with Crippen molar-refractivity contribution in [1.29, 1.82) is 0 Å². The number of ether oxygens (including phenoxy) is 2. The van der Waals surface area contributed by atoms with E-state index in [9.17, 15) is 4.79 Å². The van der Waals surface area contributed by atoms with Crippen molar-refractivity contribution in [3.8, 4) is 11.5 Å². The molecule has 5 heteroatoms. The second-order valence-corrected chi connectivity index (χ2v) is 4.47. The minimum atomic E-state index is -0.531. The highest BCUT2D eigenvalue weighted by Crippen LogP contribution is 2.29. The van der Waals surface area contributed by atoms with E-state index < -0.39 is 6.04 Å². The summed E-state index contributed by atoms with van der Waals surface area (Å²) in [5, 5.41) is 2.78. The highest BCUT2D eigenvalue weighted by atomic mass is 16.5. The molecule has 0 bridgehead atoms. The number of amides is 1. The van der Waals surface area contributed by atoms with Crippen molar-refractivity contribution >= 4 is 11.6 Å². The summed E-state index contributed by atoms with van der Waals surface area (Å²) < 4.78 is 10.3. The summed E-state index contributed by atoms with van der Waals surface area (Å²) >= 11 is 0. The molecule has 0 heterocycles. The Morgan fingerprint density at radius 3 is 2.58 bits per heavy atom. The summed E-state index contributed by atoms with van der Waals surface area (Å²) in [7, 11) is 3.12. The molecular weight excluding hydrogens is 244 g/mol. The number of hydrogen-bond donors (Lipinski definition) is 2. The number of rotatable bonds is 6. The summed E-state index contributed by atoms with van der Waals surface area (Å²) in [6.07, 6.45) is 0.855. The Hall–Kier alpha value is -1.75. The van der Waals surface area contributed by atoms with Crippen molar-refractivity contribution in [2.24, 2.45) is 11.7 Å². The molecule has 0 saturated carbocycles. The van der Waals surface area contributed by atoms with Gasteiger partial charge in [-0.15, -0.1) is 0 Å². The van der Waals surface area contributed by atoms with E-state index in [4.69, 9.17) is 15.2 Å². The van der Waals surface area contributed by atoms with E-state index in [2.05, 4.69) is 5.32 Å². The molecule has 0 radical (unpaired) electrons. The van der Waals surface area contributed by atoms with Crippen molar-refractivity contribution in [2.75, 3.05) is 19.5 Å². The van der Waals surface area contributed by atoms with Crippen LogP contribution in [0.5, 0.6) is 11.5 Å². The molecule has 5 nitrogen and oxygen atoms in total. The summed E-state index contributed by atoms with van der Waals surface area (Å²) in [6.45, 7) is 3.96. The number of hydrogen-bond acceptors (Lipinski definition) is 4. The first-order valence-electron chi connectivity index (χ1n) is 6.31. The van der Waals surface area contributed by atoms with E-state index in [1.165, 1.54) is 0 Å². The second kappa shape index (κ2) is 6.99. The Balaban J connectivity index is 2.84. The van der Waals surface area contributed by atoms with Crippen molar-refractivity contribution in [1.82, 2.24) is 0 Å². The van der Waals surface area contributed by atoms with Gasteiger partial charge in [0, 0.05) is 6.07 Å². The zero-order valence-electron chi connectivity index (χ0n) is 11.9. The third-order valence-corrected chi connectivity index (χ3v) is 3.23. The number of benzene rings is 1. The molecule has 0 aliphatic heterocycles. The average Bonchev–Trinajstić information content (AvgIpc) is 2.45. The Labute approximate surface area is 114 Å². The third kappa shape index (κ3) is 3.86. The predicted octanol–water partition coefficient (Wildman–Crippen LogP) is 2.02. The minimum absolute atomic E-state index is 0.129. The van der Waals surface area contributed by atoms with Crippen LogP contribution in [0.25, 0.3) is 0 Å². The molecule has 0 spiro atoms. The van der Waals surface area contributed by atoms with Gasteiger partial charge in [-0.25, -0.2) is 0 Å². The summed E-state index contributed by atoms with van der Waals surface area (Å²) in [5.74, 6) is 1.13. The molecule has 1 amide bonds. The molecule has 2 atom stereocenters. The zero-order valence-corrected chi connectivity index (χ0v) is 11.9. The lowest BCUT2D eigenvalue weighted by atomic mass is 9.99. The molecule has 1 aromatic rings. The highest BCUT2D eigenvalue weighted by Gasteiger charge is 2.20. The van der Waals surface area contributed by atoms with Gasteiger partial charge in [-0.3, -0.25) is 4.79 Å². The van der Waals surface area contributed by atoms with Crippen molar-refractivity contribution in [3.05, 3.63) is 18.2 Å². The predicted molar refractivity (Wildman–Crippen MR) is 75.6 cm³/mol. The van der Waals surface area contributed by atoms with Gasteiger partial charge in [0.05, 0.1) is 25.9 Å². The quantitative estimate of drug-likeness (QED) is 0.826. The van der Waals surface area contributed by atoms with Crippen LogP contribution in [0.1, 0.15) is 20.3 Å². The van der Waals surface area contributed by atoms with Gasteiger partial charge in [0.25, 0.3) is 0 Å². The largest absolute Gasteiger partial charge is 0.497 e. The topological polar surface area (TPSA) is 73.6 Å². The molecule has 0 aliphatic carbocycles. The SMILES string of the molecule is CCC(C)[C@H](N)C(=O)Nc1ccc(OC)cc1OC. The zero-order chi connectivity index (χ0) is 14.4. The molecule has 0 aliphatic rings. The number of carbonyl (C=O) groups excluding carboxylic acids is 1. The molecule has 0 aromatic heterocycles. The average molecular weight is 266 g/mol. The lowest BCUT2D eigenvalue weighted by Gasteiger charge is -2.19. The van der Waals surface area contributed by atoms with E-state index in [1.807, 2.05) is 13.8 Å². The fourth-order valence-corrected chi connectivity index (χ4v) is 1.63. The van der Waals surface area contributed by atoms with Crippen molar-refractivity contribution in [3.63, 3.8) is 0 Å². The van der Waals surface area contributed by atoms with Crippen molar-refractivity contribution < 1.29 is 14.3 Å². The Morgan fingerprint density at radius 2 is 2.05 bits per heavy atom. The first-order valence-corrected chi connectivity index (χ1v) is 6.31. The van der Waals surface area contributed by atoms with Crippen LogP contribution in [0, 0.1) is 5.92 Å². The van der Waals surface area contributed by atoms with E-state index in [-0.39, 0.29) is 11.8 Å². The number of nitrogens with two attached hydrogens (primary N) is 1. The lowest BCUT2D eigenvalue weighted by molar-refractivity contribution is -0.118. The fraction of sp³-hybridized carbons (Fsp3) is 0.500. The summed E-state index contributed by atoms with van der Waals surface area (Å²) in [6, 6.07) is 4.67. The van der Waals surface area contributed by atoms with Crippen LogP contribution >= 0.6 is 0 Å².